The summed E-state index contributed by atoms with van der Waals surface area (Å²) in [6.07, 6.45) is 1.95. The average Bonchev–Trinajstić information content (AvgIpc) is 2.13. The summed E-state index contributed by atoms with van der Waals surface area (Å²) in [5, 5.41) is 1.32. The Labute approximate surface area is 108 Å². The molecule has 0 fully saturated rings. The fourth-order valence-corrected chi connectivity index (χ4v) is 2.28. The molecule has 1 nitrogen and oxygen atoms in total. The summed E-state index contributed by atoms with van der Waals surface area (Å²) in [6.45, 7) is 6.61. The van der Waals surface area contributed by atoms with Gasteiger partial charge in [-0.1, -0.05) is 50.0 Å². The molecule has 3 heteroatoms. The van der Waals surface area contributed by atoms with E-state index in [0.29, 0.717) is 10.0 Å². The molecule has 16 heavy (non-hydrogen) atoms. The Morgan fingerprint density at radius 3 is 2.12 bits per heavy atom. The van der Waals surface area contributed by atoms with E-state index in [1.165, 1.54) is 0 Å². The van der Waals surface area contributed by atoms with Gasteiger partial charge in [0.2, 0.25) is 0 Å². The molecule has 0 amide bonds. The molecule has 0 radical (unpaired) electrons. The zero-order valence-electron chi connectivity index (χ0n) is 10.1. The Kier molecular flexibility index (Phi) is 4.66. The maximum Gasteiger partial charge on any atom is 0.0468 e. The highest BCUT2D eigenvalue weighted by molar-refractivity contribution is 6.36. The lowest BCUT2D eigenvalue weighted by Gasteiger charge is -2.22. The minimum absolute atomic E-state index is 0.0829. The van der Waals surface area contributed by atoms with Gasteiger partial charge >= 0.3 is 0 Å². The van der Waals surface area contributed by atoms with Crippen molar-refractivity contribution in [2.24, 2.45) is 11.1 Å². The second-order valence-electron chi connectivity index (χ2n) is 5.34. The number of benzene rings is 1. The van der Waals surface area contributed by atoms with Crippen LogP contribution in [0.3, 0.4) is 0 Å². The minimum atomic E-state index is -0.0829. The molecule has 1 atom stereocenters. The van der Waals surface area contributed by atoms with Gasteiger partial charge in [-0.2, -0.15) is 0 Å². The maximum absolute atomic E-state index is 6.13. The van der Waals surface area contributed by atoms with Crippen molar-refractivity contribution in [3.63, 3.8) is 0 Å². The number of hydrogen-bond donors (Lipinski definition) is 1. The van der Waals surface area contributed by atoms with Gasteiger partial charge in [-0.3, -0.25) is 0 Å². The van der Waals surface area contributed by atoms with Crippen LogP contribution in [0.2, 0.25) is 10.0 Å². The lowest BCUT2D eigenvalue weighted by molar-refractivity contribution is 0.350. The zero-order valence-corrected chi connectivity index (χ0v) is 11.6. The van der Waals surface area contributed by atoms with Crippen LogP contribution < -0.4 is 5.73 Å². The van der Waals surface area contributed by atoms with Crippen molar-refractivity contribution in [3.05, 3.63) is 33.8 Å². The van der Waals surface area contributed by atoms with Crippen molar-refractivity contribution in [2.75, 3.05) is 0 Å². The van der Waals surface area contributed by atoms with Gasteiger partial charge in [0.25, 0.3) is 0 Å². The second-order valence-corrected chi connectivity index (χ2v) is 6.16. The molecule has 1 aromatic carbocycles. The molecule has 0 spiro atoms. The zero-order chi connectivity index (χ0) is 12.3. The predicted molar refractivity (Wildman–Crippen MR) is 72.1 cm³/mol. The van der Waals surface area contributed by atoms with Gasteiger partial charge in [0.1, 0.15) is 0 Å². The van der Waals surface area contributed by atoms with Crippen LogP contribution in [0.5, 0.6) is 0 Å². The highest BCUT2D eigenvalue weighted by Gasteiger charge is 2.17. The third-order valence-electron chi connectivity index (χ3n) is 2.58. The first-order valence-corrected chi connectivity index (χ1v) is 6.26. The van der Waals surface area contributed by atoms with Crippen LogP contribution in [0.25, 0.3) is 0 Å². The number of nitrogens with two attached hydrogens (primary N) is 1. The Morgan fingerprint density at radius 2 is 1.69 bits per heavy atom. The van der Waals surface area contributed by atoms with E-state index in [-0.39, 0.29) is 11.5 Å². The Bertz CT molecular complexity index is 335. The van der Waals surface area contributed by atoms with Gasteiger partial charge in [0.15, 0.2) is 0 Å². The molecule has 0 saturated carbocycles. The fraction of sp³-hybridized carbons (Fsp3) is 0.538. The third kappa shape index (κ3) is 3.97. The summed E-state index contributed by atoms with van der Waals surface area (Å²) in [6, 6.07) is 5.42. The van der Waals surface area contributed by atoms with Crippen molar-refractivity contribution in [1.29, 1.82) is 0 Å². The van der Waals surface area contributed by atoms with Crippen molar-refractivity contribution in [2.45, 2.75) is 39.7 Å². The van der Waals surface area contributed by atoms with Crippen molar-refractivity contribution >= 4 is 23.2 Å². The predicted octanol–water partition coefficient (Wildman–Crippen LogP) is 4.82. The van der Waals surface area contributed by atoms with Gasteiger partial charge in [-0.25, -0.2) is 0 Å². The first-order chi connectivity index (χ1) is 7.31. The fourth-order valence-electron chi connectivity index (χ4n) is 1.60. The monoisotopic (exact) mass is 259 g/mol. The Hall–Kier alpha value is -0.240. The summed E-state index contributed by atoms with van der Waals surface area (Å²) < 4.78 is 0. The molecule has 2 N–H and O–H groups in total. The van der Waals surface area contributed by atoms with Gasteiger partial charge in [-0.15, -0.1) is 0 Å². The van der Waals surface area contributed by atoms with E-state index in [1.54, 1.807) is 0 Å². The summed E-state index contributed by atoms with van der Waals surface area (Å²) in [4.78, 5) is 0. The molecular formula is C13H19Cl2N. The Morgan fingerprint density at radius 1 is 1.19 bits per heavy atom. The lowest BCUT2D eigenvalue weighted by Crippen LogP contribution is -2.15. The second kappa shape index (κ2) is 5.39. The molecule has 0 heterocycles. The molecule has 0 aliphatic rings. The number of hydrogen-bond acceptors (Lipinski definition) is 1. The summed E-state index contributed by atoms with van der Waals surface area (Å²) >= 11 is 12.2. The van der Waals surface area contributed by atoms with Crippen LogP contribution in [0.15, 0.2) is 18.2 Å². The van der Waals surface area contributed by atoms with Gasteiger partial charge in [0, 0.05) is 21.7 Å². The largest absolute Gasteiger partial charge is 0.324 e. The van der Waals surface area contributed by atoms with Gasteiger partial charge in [-0.05, 0) is 30.4 Å². The molecule has 1 rings (SSSR count). The van der Waals surface area contributed by atoms with E-state index < -0.39 is 0 Å². The van der Waals surface area contributed by atoms with Crippen LogP contribution >= 0.6 is 23.2 Å². The smallest absolute Gasteiger partial charge is 0.0468 e. The van der Waals surface area contributed by atoms with Crippen molar-refractivity contribution in [1.82, 2.24) is 0 Å². The molecule has 0 saturated heterocycles. The first-order valence-electron chi connectivity index (χ1n) is 5.51. The lowest BCUT2D eigenvalue weighted by atomic mass is 9.87. The SMILES string of the molecule is CC(C)(C)CCC(N)c1c(Cl)cccc1Cl. The minimum Gasteiger partial charge on any atom is -0.324 e. The standard InChI is InChI=1S/C13H19Cl2N/c1-13(2,3)8-7-11(16)12-9(14)5-4-6-10(12)15/h4-6,11H,7-8,16H2,1-3H3. The van der Waals surface area contributed by atoms with E-state index in [0.717, 1.165) is 18.4 Å². The Balaban J connectivity index is 2.77. The van der Waals surface area contributed by atoms with E-state index in [9.17, 15) is 0 Å². The quantitative estimate of drug-likeness (QED) is 0.828. The highest BCUT2D eigenvalue weighted by atomic mass is 35.5. The molecule has 0 aromatic heterocycles. The summed E-state index contributed by atoms with van der Waals surface area (Å²) in [7, 11) is 0. The van der Waals surface area contributed by atoms with Crippen LogP contribution in [-0.4, -0.2) is 0 Å². The van der Waals surface area contributed by atoms with E-state index in [1.807, 2.05) is 18.2 Å². The van der Waals surface area contributed by atoms with Crippen LogP contribution in [0.4, 0.5) is 0 Å². The topological polar surface area (TPSA) is 26.0 Å². The van der Waals surface area contributed by atoms with E-state index in [4.69, 9.17) is 28.9 Å². The molecular weight excluding hydrogens is 241 g/mol. The molecule has 1 unspecified atom stereocenters. The number of halogens is 2. The van der Waals surface area contributed by atoms with Gasteiger partial charge in [0.05, 0.1) is 0 Å². The van der Waals surface area contributed by atoms with Crippen LogP contribution in [0, 0.1) is 5.41 Å². The molecule has 90 valence electrons. The molecule has 0 bridgehead atoms. The molecule has 1 aromatic rings. The maximum atomic E-state index is 6.13. The van der Waals surface area contributed by atoms with Crippen LogP contribution in [0.1, 0.15) is 45.2 Å². The average molecular weight is 260 g/mol. The third-order valence-corrected chi connectivity index (χ3v) is 3.24. The number of rotatable bonds is 3. The van der Waals surface area contributed by atoms with E-state index in [2.05, 4.69) is 20.8 Å². The summed E-state index contributed by atoms with van der Waals surface area (Å²) in [5.74, 6) is 0. The summed E-state index contributed by atoms with van der Waals surface area (Å²) in [5.41, 5.74) is 7.29. The van der Waals surface area contributed by atoms with Crippen molar-refractivity contribution in [3.8, 4) is 0 Å². The highest BCUT2D eigenvalue weighted by Crippen LogP contribution is 2.33. The molecule has 0 aliphatic heterocycles. The van der Waals surface area contributed by atoms with Crippen LogP contribution in [-0.2, 0) is 0 Å². The first kappa shape index (κ1) is 13.8. The van der Waals surface area contributed by atoms with Gasteiger partial charge < -0.3 is 5.73 Å². The normalized spacial score (nSPS) is 13.9. The van der Waals surface area contributed by atoms with Crippen molar-refractivity contribution < 1.29 is 0 Å². The van der Waals surface area contributed by atoms with E-state index >= 15 is 0 Å². The molecule has 0 aliphatic carbocycles.